The summed E-state index contributed by atoms with van der Waals surface area (Å²) in [5, 5.41) is 13.4. The number of carbonyl (C=O) groups is 2. The van der Waals surface area contributed by atoms with Crippen molar-refractivity contribution in [2.75, 3.05) is 33.3 Å². The van der Waals surface area contributed by atoms with E-state index in [0.717, 1.165) is 34.7 Å². The number of methoxy groups -OCH3 is 1. The van der Waals surface area contributed by atoms with Crippen molar-refractivity contribution in [2.24, 2.45) is 0 Å². The zero-order valence-electron chi connectivity index (χ0n) is 19.7. The fraction of sp³-hybridized carbons (Fsp3) is 0.440. The van der Waals surface area contributed by atoms with Crippen molar-refractivity contribution in [1.29, 1.82) is 0 Å². The number of nitrogens with zero attached hydrogens (tertiary/aromatic N) is 2. The number of ether oxygens (including phenoxy) is 1. The highest BCUT2D eigenvalue weighted by atomic mass is 32.1. The molecule has 2 aromatic rings. The molecule has 0 saturated carbocycles. The molecule has 1 amide bonds. The van der Waals surface area contributed by atoms with E-state index in [9.17, 15) is 14.7 Å². The summed E-state index contributed by atoms with van der Waals surface area (Å²) >= 11 is 1.50. The molecule has 1 aromatic heterocycles. The van der Waals surface area contributed by atoms with Crippen molar-refractivity contribution in [3.05, 3.63) is 56.3 Å². The Bertz CT molecular complexity index is 1050. The third kappa shape index (κ3) is 4.32. The maximum absolute atomic E-state index is 13.2. The van der Waals surface area contributed by atoms with Crippen LogP contribution in [0.4, 0.5) is 0 Å². The zero-order valence-corrected chi connectivity index (χ0v) is 20.5. The minimum Gasteiger partial charge on any atom is -0.507 e. The molecule has 0 spiro atoms. The van der Waals surface area contributed by atoms with Crippen molar-refractivity contribution in [1.82, 2.24) is 9.80 Å². The molecule has 1 atom stereocenters. The fourth-order valence-electron chi connectivity index (χ4n) is 4.38. The Morgan fingerprint density at radius 2 is 1.84 bits per heavy atom. The summed E-state index contributed by atoms with van der Waals surface area (Å²) < 4.78 is 5.55. The Labute approximate surface area is 194 Å². The lowest BCUT2D eigenvalue weighted by Crippen LogP contribution is -2.37. The van der Waals surface area contributed by atoms with Crippen LogP contribution in [-0.4, -0.2) is 59.9 Å². The van der Waals surface area contributed by atoms with Gasteiger partial charge in [0.25, 0.3) is 11.7 Å². The molecule has 3 rings (SSSR count). The third-order valence-electron chi connectivity index (χ3n) is 6.12. The molecule has 172 valence electrons. The van der Waals surface area contributed by atoms with Gasteiger partial charge < -0.3 is 19.6 Å². The van der Waals surface area contributed by atoms with E-state index in [0.29, 0.717) is 24.4 Å². The van der Waals surface area contributed by atoms with Gasteiger partial charge in [0.15, 0.2) is 0 Å². The predicted molar refractivity (Wildman–Crippen MR) is 128 cm³/mol. The van der Waals surface area contributed by atoms with E-state index < -0.39 is 17.7 Å². The molecule has 1 aliphatic rings. The highest BCUT2D eigenvalue weighted by molar-refractivity contribution is 7.10. The molecule has 7 heteroatoms. The lowest BCUT2D eigenvalue weighted by Gasteiger charge is -2.28. The van der Waals surface area contributed by atoms with Crippen LogP contribution in [-0.2, 0) is 9.59 Å². The smallest absolute Gasteiger partial charge is 0.295 e. The predicted octanol–water partition coefficient (Wildman–Crippen LogP) is 4.45. The number of amides is 1. The number of rotatable bonds is 8. The number of ketones is 1. The van der Waals surface area contributed by atoms with Crippen LogP contribution in [0.25, 0.3) is 5.76 Å². The number of hydrogen-bond donors (Lipinski definition) is 1. The third-order valence-corrected chi connectivity index (χ3v) is 7.19. The number of Topliss-reactive ketones (excluding diaryl/α,β-unsaturated/α-hetero) is 1. The lowest BCUT2D eigenvalue weighted by molar-refractivity contribution is -0.140. The van der Waals surface area contributed by atoms with Gasteiger partial charge in [-0.05, 0) is 68.1 Å². The normalized spacial score (nSPS) is 18.1. The summed E-state index contributed by atoms with van der Waals surface area (Å²) in [5.41, 5.74) is 3.35. The van der Waals surface area contributed by atoms with Gasteiger partial charge >= 0.3 is 0 Å². The van der Waals surface area contributed by atoms with Gasteiger partial charge in [-0.3, -0.25) is 9.59 Å². The molecule has 0 aliphatic carbocycles. The monoisotopic (exact) mass is 456 g/mol. The van der Waals surface area contributed by atoms with Gasteiger partial charge in [0, 0.05) is 18.0 Å². The van der Waals surface area contributed by atoms with E-state index in [1.165, 1.54) is 18.4 Å². The molecule has 1 unspecified atom stereocenters. The second-order valence-electron chi connectivity index (χ2n) is 8.15. The number of carbonyl (C=O) groups excluding carboxylic acids is 2. The molecule has 0 bridgehead atoms. The first kappa shape index (κ1) is 24.0. The average Bonchev–Trinajstić information content (AvgIpc) is 3.28. The SMILES string of the molecule is CCN(CC)CCN1C(=O)C(=O)/C(=C(/O)c2cc(C)cc(C)c2OC)C1c1sccc1C. The number of likely N-dealkylation sites (N-methyl/N-ethyl adjacent to an activating group) is 1. The molecule has 6 nitrogen and oxygen atoms in total. The van der Waals surface area contributed by atoms with Crippen LogP contribution >= 0.6 is 11.3 Å². The van der Waals surface area contributed by atoms with Gasteiger partial charge in [0.1, 0.15) is 11.5 Å². The second kappa shape index (κ2) is 9.88. The molecular weight excluding hydrogens is 424 g/mol. The number of thiophene rings is 1. The van der Waals surface area contributed by atoms with Crippen LogP contribution in [0.15, 0.2) is 29.2 Å². The van der Waals surface area contributed by atoms with Crippen molar-refractivity contribution < 1.29 is 19.4 Å². The van der Waals surface area contributed by atoms with Gasteiger partial charge in [-0.25, -0.2) is 0 Å². The minimum absolute atomic E-state index is 0.128. The number of aliphatic hydroxyl groups is 1. The van der Waals surface area contributed by atoms with E-state index >= 15 is 0 Å². The molecule has 1 fully saturated rings. The van der Waals surface area contributed by atoms with Crippen molar-refractivity contribution in [3.63, 3.8) is 0 Å². The Balaban J connectivity index is 2.18. The Hall–Kier alpha value is -2.64. The largest absolute Gasteiger partial charge is 0.507 e. The van der Waals surface area contributed by atoms with E-state index in [2.05, 4.69) is 18.7 Å². The standard InChI is InChI=1S/C25H32N2O4S/c1-7-26(8-2)10-11-27-20(24-16(4)9-12-32-24)19(22(29)25(27)30)21(28)18-14-15(3)13-17(5)23(18)31-6/h9,12-14,20,28H,7-8,10-11H2,1-6H3/b21-19+. The van der Waals surface area contributed by atoms with E-state index in [-0.39, 0.29) is 11.3 Å². The number of aliphatic hydroxyl groups excluding tert-OH is 1. The first-order valence-corrected chi connectivity index (χ1v) is 11.8. The summed E-state index contributed by atoms with van der Waals surface area (Å²) in [6, 6.07) is 5.11. The molecular formula is C25H32N2O4S. The fourth-order valence-corrected chi connectivity index (χ4v) is 5.43. The van der Waals surface area contributed by atoms with Gasteiger partial charge in [-0.1, -0.05) is 19.9 Å². The van der Waals surface area contributed by atoms with Crippen LogP contribution in [0, 0.1) is 20.8 Å². The Morgan fingerprint density at radius 1 is 1.16 bits per heavy atom. The molecule has 1 saturated heterocycles. The lowest BCUT2D eigenvalue weighted by atomic mass is 9.96. The molecule has 0 radical (unpaired) electrons. The first-order chi connectivity index (χ1) is 15.2. The summed E-state index contributed by atoms with van der Waals surface area (Å²) in [6.45, 7) is 12.7. The highest BCUT2D eigenvalue weighted by Crippen LogP contribution is 2.44. The quantitative estimate of drug-likeness (QED) is 0.361. The van der Waals surface area contributed by atoms with E-state index in [1.54, 1.807) is 11.0 Å². The van der Waals surface area contributed by atoms with Gasteiger partial charge in [-0.15, -0.1) is 11.3 Å². The molecule has 32 heavy (non-hydrogen) atoms. The molecule has 1 N–H and O–H groups in total. The summed E-state index contributed by atoms with van der Waals surface area (Å²) in [4.78, 5) is 31.1. The maximum atomic E-state index is 13.2. The van der Waals surface area contributed by atoms with Gasteiger partial charge in [0.05, 0.1) is 24.3 Å². The van der Waals surface area contributed by atoms with Crippen molar-refractivity contribution >= 4 is 28.8 Å². The number of likely N-dealkylation sites (tertiary alicyclic amines) is 1. The van der Waals surface area contributed by atoms with Crippen LogP contribution < -0.4 is 4.74 Å². The van der Waals surface area contributed by atoms with Gasteiger partial charge in [-0.2, -0.15) is 0 Å². The van der Waals surface area contributed by atoms with Crippen LogP contribution in [0.3, 0.4) is 0 Å². The van der Waals surface area contributed by atoms with Crippen LogP contribution in [0.5, 0.6) is 5.75 Å². The summed E-state index contributed by atoms with van der Waals surface area (Å²) in [6.07, 6.45) is 0. The summed E-state index contributed by atoms with van der Waals surface area (Å²) in [5.74, 6) is -0.903. The zero-order chi connectivity index (χ0) is 23.6. The van der Waals surface area contributed by atoms with Crippen molar-refractivity contribution in [2.45, 2.75) is 40.7 Å². The number of benzene rings is 1. The summed E-state index contributed by atoms with van der Waals surface area (Å²) in [7, 11) is 1.54. The Kier molecular flexibility index (Phi) is 7.41. The number of aryl methyl sites for hydroxylation is 3. The van der Waals surface area contributed by atoms with E-state index in [4.69, 9.17) is 4.74 Å². The Morgan fingerprint density at radius 3 is 2.41 bits per heavy atom. The minimum atomic E-state index is -0.652. The van der Waals surface area contributed by atoms with Crippen LogP contribution in [0.1, 0.15) is 47.0 Å². The highest BCUT2D eigenvalue weighted by Gasteiger charge is 2.47. The van der Waals surface area contributed by atoms with E-state index in [1.807, 2.05) is 38.3 Å². The van der Waals surface area contributed by atoms with Crippen molar-refractivity contribution in [3.8, 4) is 5.75 Å². The van der Waals surface area contributed by atoms with Crippen LogP contribution in [0.2, 0.25) is 0 Å². The molecule has 2 heterocycles. The maximum Gasteiger partial charge on any atom is 0.295 e. The second-order valence-corrected chi connectivity index (χ2v) is 9.10. The number of hydrogen-bond acceptors (Lipinski definition) is 6. The topological polar surface area (TPSA) is 70.1 Å². The average molecular weight is 457 g/mol. The first-order valence-electron chi connectivity index (χ1n) is 10.9. The molecule has 1 aromatic carbocycles. The van der Waals surface area contributed by atoms with Gasteiger partial charge in [0.2, 0.25) is 0 Å². The molecule has 1 aliphatic heterocycles.